The maximum atomic E-state index is 13.2. The van der Waals surface area contributed by atoms with Gasteiger partial charge in [0.1, 0.15) is 45.1 Å². The molecule has 1 saturated heterocycles. The van der Waals surface area contributed by atoms with Crippen LogP contribution in [0.25, 0.3) is 0 Å². The first-order valence-corrected chi connectivity index (χ1v) is 8.16. The summed E-state index contributed by atoms with van der Waals surface area (Å²) in [7, 11) is 0. The fourth-order valence-electron chi connectivity index (χ4n) is 3.24. The highest BCUT2D eigenvalue weighted by Gasteiger charge is 2.23. The van der Waals surface area contributed by atoms with Crippen LogP contribution in [-0.2, 0) is 13.1 Å². The van der Waals surface area contributed by atoms with Crippen LogP contribution < -0.4 is 9.80 Å². The number of rotatable bonds is 4. The van der Waals surface area contributed by atoms with E-state index in [1.807, 2.05) is 12.1 Å². The number of halogens is 1. The average molecular weight is 300 g/mol. The lowest BCUT2D eigenvalue weighted by Crippen LogP contribution is -3.27. The Kier molecular flexibility index (Phi) is 4.86. The molecule has 0 unspecified atom stereocenters. The number of hydrogen-bond acceptors (Lipinski definition) is 0. The molecule has 2 N–H and O–H groups in total. The Balaban J connectivity index is 1.49. The number of hydrogen-bond donors (Lipinski definition) is 2. The topological polar surface area (TPSA) is 8.88 Å². The van der Waals surface area contributed by atoms with Crippen molar-refractivity contribution in [3.63, 3.8) is 0 Å². The summed E-state index contributed by atoms with van der Waals surface area (Å²) < 4.78 is 13.2. The Morgan fingerprint density at radius 3 is 2.00 bits per heavy atom. The second kappa shape index (κ2) is 7.03. The maximum Gasteiger partial charge on any atom is 0.127 e. The molecule has 0 bridgehead atoms. The van der Waals surface area contributed by atoms with Gasteiger partial charge in [-0.25, -0.2) is 4.39 Å². The highest BCUT2D eigenvalue weighted by atomic mass is 19.1. The summed E-state index contributed by atoms with van der Waals surface area (Å²) in [5, 5.41) is 0. The SMILES string of the molecule is Cc1ccc(C[NH+]2CC[NH+](Cc3cccc(F)c3)CC2)cc1. The van der Waals surface area contributed by atoms with Crippen molar-refractivity contribution in [1.29, 1.82) is 0 Å². The van der Waals surface area contributed by atoms with Crippen LogP contribution in [0, 0.1) is 12.7 Å². The Hall–Kier alpha value is -1.71. The largest absolute Gasteiger partial charge is 0.322 e. The second-order valence-corrected chi connectivity index (χ2v) is 6.47. The lowest BCUT2D eigenvalue weighted by molar-refractivity contribution is -1.02. The van der Waals surface area contributed by atoms with Gasteiger partial charge in [0.25, 0.3) is 0 Å². The highest BCUT2D eigenvalue weighted by Crippen LogP contribution is 2.02. The second-order valence-electron chi connectivity index (χ2n) is 6.47. The van der Waals surface area contributed by atoms with Gasteiger partial charge < -0.3 is 9.80 Å². The molecule has 0 atom stereocenters. The van der Waals surface area contributed by atoms with E-state index in [2.05, 4.69) is 31.2 Å². The molecule has 2 aromatic carbocycles. The summed E-state index contributed by atoms with van der Waals surface area (Å²) in [6, 6.07) is 15.9. The molecule has 0 aliphatic carbocycles. The maximum absolute atomic E-state index is 13.2. The van der Waals surface area contributed by atoms with Crippen molar-refractivity contribution >= 4 is 0 Å². The van der Waals surface area contributed by atoms with Crippen molar-refractivity contribution in [1.82, 2.24) is 0 Å². The van der Waals surface area contributed by atoms with Gasteiger partial charge in [-0.05, 0) is 19.1 Å². The molecule has 0 saturated carbocycles. The van der Waals surface area contributed by atoms with Crippen LogP contribution in [0.4, 0.5) is 4.39 Å². The summed E-state index contributed by atoms with van der Waals surface area (Å²) in [4.78, 5) is 3.23. The Morgan fingerprint density at radius 2 is 1.41 bits per heavy atom. The van der Waals surface area contributed by atoms with Gasteiger partial charge in [0.2, 0.25) is 0 Å². The van der Waals surface area contributed by atoms with Crippen molar-refractivity contribution in [2.75, 3.05) is 26.2 Å². The predicted octanol–water partition coefficient (Wildman–Crippen LogP) is 0.618. The van der Waals surface area contributed by atoms with Gasteiger partial charge in [0.15, 0.2) is 0 Å². The molecule has 2 aromatic rings. The van der Waals surface area contributed by atoms with Gasteiger partial charge in [-0.15, -0.1) is 0 Å². The first-order chi connectivity index (χ1) is 10.7. The summed E-state index contributed by atoms with van der Waals surface area (Å²) in [5.74, 6) is -0.125. The van der Waals surface area contributed by atoms with Crippen LogP contribution in [0.3, 0.4) is 0 Å². The van der Waals surface area contributed by atoms with E-state index < -0.39 is 0 Å². The van der Waals surface area contributed by atoms with Crippen molar-refractivity contribution in [2.24, 2.45) is 0 Å². The number of nitrogens with one attached hydrogen (secondary N) is 2. The van der Waals surface area contributed by atoms with E-state index in [0.29, 0.717) is 0 Å². The molecule has 0 amide bonds. The number of benzene rings is 2. The van der Waals surface area contributed by atoms with Gasteiger partial charge in [-0.2, -0.15) is 0 Å². The minimum absolute atomic E-state index is 0.125. The van der Waals surface area contributed by atoms with Crippen LogP contribution in [0.5, 0.6) is 0 Å². The molecule has 3 heteroatoms. The van der Waals surface area contributed by atoms with E-state index >= 15 is 0 Å². The third-order valence-electron chi connectivity index (χ3n) is 4.58. The summed E-state index contributed by atoms with van der Waals surface area (Å²) in [6.07, 6.45) is 0. The van der Waals surface area contributed by atoms with Crippen LogP contribution in [0.15, 0.2) is 48.5 Å². The molecular formula is C19H25FN2+2. The monoisotopic (exact) mass is 300 g/mol. The van der Waals surface area contributed by atoms with Gasteiger partial charge in [0.05, 0.1) is 0 Å². The molecule has 0 spiro atoms. The smallest absolute Gasteiger partial charge is 0.127 e. The minimum atomic E-state index is -0.125. The van der Waals surface area contributed by atoms with Crippen molar-refractivity contribution in [3.05, 3.63) is 71.0 Å². The standard InChI is InChI=1S/C19H23FN2/c1-16-5-7-17(8-6-16)14-21-9-11-22(12-10-21)15-18-3-2-4-19(20)13-18/h2-8,13H,9-12,14-15H2,1H3/p+2. The molecule has 1 heterocycles. The van der Waals surface area contributed by atoms with E-state index in [1.54, 1.807) is 15.9 Å². The van der Waals surface area contributed by atoms with Gasteiger partial charge >= 0.3 is 0 Å². The lowest BCUT2D eigenvalue weighted by atomic mass is 10.1. The van der Waals surface area contributed by atoms with Crippen LogP contribution in [0.2, 0.25) is 0 Å². The average Bonchev–Trinajstić information content (AvgIpc) is 2.52. The van der Waals surface area contributed by atoms with Crippen LogP contribution in [0.1, 0.15) is 16.7 Å². The zero-order valence-corrected chi connectivity index (χ0v) is 13.2. The summed E-state index contributed by atoms with van der Waals surface area (Å²) in [6.45, 7) is 8.90. The Morgan fingerprint density at radius 1 is 0.818 bits per heavy atom. The normalized spacial score (nSPS) is 21.7. The van der Waals surface area contributed by atoms with Crippen LogP contribution >= 0.6 is 0 Å². The molecule has 2 nitrogen and oxygen atoms in total. The zero-order chi connectivity index (χ0) is 15.4. The number of piperazine rings is 1. The van der Waals surface area contributed by atoms with Gasteiger partial charge in [0, 0.05) is 11.1 Å². The van der Waals surface area contributed by atoms with Gasteiger partial charge in [-0.1, -0.05) is 42.0 Å². The highest BCUT2D eigenvalue weighted by molar-refractivity contribution is 5.20. The van der Waals surface area contributed by atoms with Crippen LogP contribution in [-0.4, -0.2) is 26.2 Å². The molecule has 1 fully saturated rings. The molecule has 0 radical (unpaired) electrons. The van der Waals surface area contributed by atoms with Crippen molar-refractivity contribution in [2.45, 2.75) is 20.0 Å². The third-order valence-corrected chi connectivity index (χ3v) is 4.58. The van der Waals surface area contributed by atoms with Crippen molar-refractivity contribution in [3.8, 4) is 0 Å². The molecule has 0 aromatic heterocycles. The number of aryl methyl sites for hydroxylation is 1. The molecule has 1 aliphatic rings. The van der Waals surface area contributed by atoms with Crippen molar-refractivity contribution < 1.29 is 14.2 Å². The van der Waals surface area contributed by atoms with E-state index in [9.17, 15) is 4.39 Å². The molecule has 116 valence electrons. The first-order valence-electron chi connectivity index (χ1n) is 8.16. The van der Waals surface area contributed by atoms with E-state index in [-0.39, 0.29) is 5.82 Å². The summed E-state index contributed by atoms with van der Waals surface area (Å²) >= 11 is 0. The first kappa shape index (κ1) is 15.2. The minimum Gasteiger partial charge on any atom is -0.322 e. The molecule has 3 rings (SSSR count). The fraction of sp³-hybridized carbons (Fsp3) is 0.368. The zero-order valence-electron chi connectivity index (χ0n) is 13.2. The Labute approximate surface area is 132 Å². The fourth-order valence-corrected chi connectivity index (χ4v) is 3.24. The van der Waals surface area contributed by atoms with E-state index in [1.165, 1.54) is 30.3 Å². The molecule has 22 heavy (non-hydrogen) atoms. The Bertz CT molecular complexity index is 601. The number of quaternary nitrogens is 2. The van der Waals surface area contributed by atoms with Gasteiger partial charge in [-0.3, -0.25) is 0 Å². The molecular weight excluding hydrogens is 275 g/mol. The van der Waals surface area contributed by atoms with E-state index in [4.69, 9.17) is 0 Å². The lowest BCUT2D eigenvalue weighted by Gasteiger charge is -2.29. The predicted molar refractivity (Wildman–Crippen MR) is 86.4 cm³/mol. The summed E-state index contributed by atoms with van der Waals surface area (Å²) in [5.41, 5.74) is 3.86. The quantitative estimate of drug-likeness (QED) is 0.819. The van der Waals surface area contributed by atoms with E-state index in [0.717, 1.165) is 31.7 Å². The third kappa shape index (κ3) is 4.15. The molecule has 1 aliphatic heterocycles.